The number of nitrogens with one attached hydrogen (secondary N) is 1. The van der Waals surface area contributed by atoms with Gasteiger partial charge in [-0.3, -0.25) is 10.1 Å². The molecule has 0 unspecified atom stereocenters. The summed E-state index contributed by atoms with van der Waals surface area (Å²) in [6, 6.07) is 10.4. The molecule has 0 bridgehead atoms. The second kappa shape index (κ2) is 9.32. The van der Waals surface area contributed by atoms with Crippen LogP contribution in [0.3, 0.4) is 0 Å². The summed E-state index contributed by atoms with van der Waals surface area (Å²) in [7, 11) is 0. The normalized spacial score (nSPS) is 14.0. The Balaban J connectivity index is 1.46. The number of carbonyl (C=O) groups excluding carboxylic acids is 1. The van der Waals surface area contributed by atoms with Gasteiger partial charge in [0.2, 0.25) is 0 Å². The highest BCUT2D eigenvalue weighted by Gasteiger charge is 2.30. The van der Waals surface area contributed by atoms with E-state index in [1.54, 1.807) is 41.3 Å². The SMILES string of the molecule is O=C(NC(=S)N1CCN(c2c(F)c(F)c(Cl)c(F)c2F)CC1)c1cccc2c(Cl)cccc12. The predicted molar refractivity (Wildman–Crippen MR) is 124 cm³/mol. The number of carbonyl (C=O) groups is 1. The van der Waals surface area contributed by atoms with Gasteiger partial charge >= 0.3 is 0 Å². The summed E-state index contributed by atoms with van der Waals surface area (Å²) >= 11 is 16.8. The standard InChI is InChI=1S/C22H15Cl2F4N3OS/c23-14-6-2-3-11-12(14)4-1-5-13(11)21(32)29-22(33)31-9-7-30(8-10-31)20-18(27)16(25)15(24)17(26)19(20)28/h1-6H,7-10H2,(H,29,32,33). The average molecular weight is 516 g/mol. The lowest BCUT2D eigenvalue weighted by molar-refractivity contribution is 0.0974. The molecule has 4 rings (SSSR count). The number of anilines is 1. The molecule has 0 saturated carbocycles. The van der Waals surface area contributed by atoms with Gasteiger partial charge in [-0.25, -0.2) is 17.6 Å². The average Bonchev–Trinajstić information content (AvgIpc) is 2.82. The highest BCUT2D eigenvalue weighted by atomic mass is 35.5. The van der Waals surface area contributed by atoms with Gasteiger partial charge in [-0.2, -0.15) is 0 Å². The maximum Gasteiger partial charge on any atom is 0.258 e. The van der Waals surface area contributed by atoms with Gasteiger partial charge in [-0.1, -0.05) is 47.5 Å². The van der Waals surface area contributed by atoms with Gasteiger partial charge in [-0.05, 0) is 29.7 Å². The zero-order valence-corrected chi connectivity index (χ0v) is 19.1. The summed E-state index contributed by atoms with van der Waals surface area (Å²) in [5.74, 6) is -6.85. The van der Waals surface area contributed by atoms with Gasteiger partial charge in [0, 0.05) is 42.2 Å². The monoisotopic (exact) mass is 515 g/mol. The van der Waals surface area contributed by atoms with Crippen LogP contribution in [0.2, 0.25) is 10.0 Å². The summed E-state index contributed by atoms with van der Waals surface area (Å²) in [6.07, 6.45) is 0. The van der Waals surface area contributed by atoms with E-state index in [4.69, 9.17) is 35.4 Å². The van der Waals surface area contributed by atoms with E-state index in [9.17, 15) is 22.4 Å². The first-order valence-corrected chi connectivity index (χ1v) is 10.9. The van der Waals surface area contributed by atoms with E-state index < -0.39 is 39.9 Å². The number of fused-ring (bicyclic) bond motifs is 1. The number of thiocarbonyl (C=S) groups is 1. The third kappa shape index (κ3) is 4.32. The van der Waals surface area contributed by atoms with Gasteiger partial charge in [-0.15, -0.1) is 0 Å². The molecule has 0 aromatic heterocycles. The largest absolute Gasteiger partial charge is 0.363 e. The maximum atomic E-state index is 14.2. The van der Waals surface area contributed by atoms with E-state index in [0.29, 0.717) is 16.0 Å². The first kappa shape index (κ1) is 23.5. The fourth-order valence-electron chi connectivity index (χ4n) is 3.72. The number of piperazine rings is 1. The highest BCUT2D eigenvalue weighted by molar-refractivity contribution is 7.80. The highest BCUT2D eigenvalue weighted by Crippen LogP contribution is 2.34. The first-order valence-electron chi connectivity index (χ1n) is 9.74. The second-order valence-corrected chi connectivity index (χ2v) is 8.46. The summed E-state index contributed by atoms with van der Waals surface area (Å²) in [5.41, 5.74) is -0.441. The molecule has 172 valence electrons. The fraction of sp³-hybridized carbons (Fsp3) is 0.182. The third-order valence-electron chi connectivity index (χ3n) is 5.40. The molecule has 0 radical (unpaired) electrons. The van der Waals surface area contributed by atoms with Crippen molar-refractivity contribution >= 4 is 62.9 Å². The van der Waals surface area contributed by atoms with Crippen molar-refractivity contribution in [1.29, 1.82) is 0 Å². The van der Waals surface area contributed by atoms with E-state index in [1.807, 2.05) is 0 Å². The van der Waals surface area contributed by atoms with Gasteiger partial charge in [0.05, 0.1) is 0 Å². The molecule has 33 heavy (non-hydrogen) atoms. The van der Waals surface area contributed by atoms with Gasteiger partial charge in [0.1, 0.15) is 10.7 Å². The molecule has 1 N–H and O–H groups in total. The van der Waals surface area contributed by atoms with Crippen molar-refractivity contribution < 1.29 is 22.4 Å². The lowest BCUT2D eigenvalue weighted by atomic mass is 10.0. The molecule has 1 amide bonds. The molecule has 1 fully saturated rings. The van der Waals surface area contributed by atoms with Crippen LogP contribution in [0.25, 0.3) is 10.8 Å². The van der Waals surface area contributed by atoms with Crippen LogP contribution in [0.1, 0.15) is 10.4 Å². The molecule has 0 spiro atoms. The van der Waals surface area contributed by atoms with E-state index in [-0.39, 0.29) is 31.3 Å². The molecule has 1 heterocycles. The number of amides is 1. The van der Waals surface area contributed by atoms with Crippen LogP contribution in [-0.4, -0.2) is 42.1 Å². The molecular formula is C22H15Cl2F4N3OS. The van der Waals surface area contributed by atoms with Crippen molar-refractivity contribution in [3.63, 3.8) is 0 Å². The Labute approximate surface area is 201 Å². The Hall–Kier alpha value is -2.62. The van der Waals surface area contributed by atoms with Crippen molar-refractivity contribution in [2.45, 2.75) is 0 Å². The first-order chi connectivity index (χ1) is 15.7. The summed E-state index contributed by atoms with van der Waals surface area (Å²) in [4.78, 5) is 15.6. The molecule has 1 saturated heterocycles. The van der Waals surface area contributed by atoms with Gasteiger partial charge in [0.15, 0.2) is 28.4 Å². The Morgan fingerprint density at radius 3 is 2.06 bits per heavy atom. The molecular weight excluding hydrogens is 501 g/mol. The number of halogens is 6. The molecule has 0 aliphatic carbocycles. The van der Waals surface area contributed by atoms with E-state index >= 15 is 0 Å². The van der Waals surface area contributed by atoms with Crippen molar-refractivity contribution in [1.82, 2.24) is 10.2 Å². The fourth-order valence-corrected chi connectivity index (χ4v) is 4.40. The van der Waals surface area contributed by atoms with Crippen LogP contribution in [0, 0.1) is 23.3 Å². The van der Waals surface area contributed by atoms with Crippen LogP contribution >= 0.6 is 35.4 Å². The summed E-state index contributed by atoms with van der Waals surface area (Å²) < 4.78 is 56.1. The van der Waals surface area contributed by atoms with Crippen molar-refractivity contribution in [2.75, 3.05) is 31.1 Å². The Bertz CT molecular complexity index is 1250. The smallest absolute Gasteiger partial charge is 0.258 e. The number of benzene rings is 3. The maximum absolute atomic E-state index is 14.2. The molecule has 3 aromatic carbocycles. The molecule has 4 nitrogen and oxygen atoms in total. The molecule has 1 aliphatic rings. The number of hydrogen-bond donors (Lipinski definition) is 1. The van der Waals surface area contributed by atoms with Crippen molar-refractivity contribution in [2.24, 2.45) is 0 Å². The minimum atomic E-state index is -1.65. The predicted octanol–water partition coefficient (Wildman–Crippen LogP) is 5.54. The Morgan fingerprint density at radius 2 is 1.42 bits per heavy atom. The van der Waals surface area contributed by atoms with Crippen LogP contribution in [-0.2, 0) is 0 Å². The van der Waals surface area contributed by atoms with E-state index in [2.05, 4.69) is 5.32 Å². The third-order valence-corrected chi connectivity index (χ3v) is 6.43. The topological polar surface area (TPSA) is 35.6 Å². The van der Waals surface area contributed by atoms with Crippen LogP contribution in [0.5, 0.6) is 0 Å². The van der Waals surface area contributed by atoms with Crippen molar-refractivity contribution in [3.8, 4) is 0 Å². The number of hydrogen-bond acceptors (Lipinski definition) is 3. The molecule has 11 heteroatoms. The summed E-state index contributed by atoms with van der Waals surface area (Å²) in [5, 5.41) is 3.43. The minimum Gasteiger partial charge on any atom is -0.363 e. The molecule has 0 atom stereocenters. The van der Waals surface area contributed by atoms with Gasteiger partial charge < -0.3 is 9.80 Å². The quantitative estimate of drug-likeness (QED) is 0.210. The zero-order valence-electron chi connectivity index (χ0n) is 16.8. The lowest BCUT2D eigenvalue weighted by Crippen LogP contribution is -2.53. The minimum absolute atomic E-state index is 0.00817. The van der Waals surface area contributed by atoms with E-state index in [0.717, 1.165) is 5.39 Å². The lowest BCUT2D eigenvalue weighted by Gasteiger charge is -2.37. The second-order valence-electron chi connectivity index (χ2n) is 7.29. The summed E-state index contributed by atoms with van der Waals surface area (Å²) in [6.45, 7) is 0.332. The van der Waals surface area contributed by atoms with Crippen LogP contribution < -0.4 is 10.2 Å². The zero-order chi connectivity index (χ0) is 23.9. The number of rotatable bonds is 2. The Morgan fingerprint density at radius 1 is 0.848 bits per heavy atom. The Kier molecular flexibility index (Phi) is 6.65. The molecule has 3 aromatic rings. The van der Waals surface area contributed by atoms with Crippen LogP contribution in [0.15, 0.2) is 36.4 Å². The van der Waals surface area contributed by atoms with E-state index in [1.165, 1.54) is 4.90 Å². The van der Waals surface area contributed by atoms with Crippen LogP contribution in [0.4, 0.5) is 23.2 Å². The van der Waals surface area contributed by atoms with Gasteiger partial charge in [0.25, 0.3) is 5.91 Å². The number of nitrogens with zero attached hydrogens (tertiary/aromatic N) is 2. The molecule has 1 aliphatic heterocycles. The van der Waals surface area contributed by atoms with Crippen molar-refractivity contribution in [3.05, 3.63) is 75.3 Å².